The molecule has 1 saturated carbocycles. The molecule has 0 unspecified atom stereocenters. The van der Waals surface area contributed by atoms with Crippen LogP contribution < -0.4 is 5.32 Å². The van der Waals surface area contributed by atoms with Crippen LogP contribution in [0.5, 0.6) is 0 Å². The molecule has 1 aliphatic rings. The highest BCUT2D eigenvalue weighted by Crippen LogP contribution is 2.36. The SMILES string of the molecule is CCOC(=O)c1c2ccc(Cl)cc2c(-c2ccccc2)n1CCCNC1CCCCC1.Cl. The van der Waals surface area contributed by atoms with Gasteiger partial charge in [0.2, 0.25) is 0 Å². The number of hydrogen-bond acceptors (Lipinski definition) is 3. The van der Waals surface area contributed by atoms with Gasteiger partial charge in [-0.3, -0.25) is 0 Å². The van der Waals surface area contributed by atoms with E-state index in [0.717, 1.165) is 41.5 Å². The minimum atomic E-state index is -0.280. The Bertz CT molecular complexity index is 1030. The maximum atomic E-state index is 13.0. The molecule has 1 N–H and O–H groups in total. The van der Waals surface area contributed by atoms with Crippen LogP contribution in [0.1, 0.15) is 55.9 Å². The minimum absolute atomic E-state index is 0. The quantitative estimate of drug-likeness (QED) is 0.286. The number of carbonyl (C=O) groups excluding carboxylic acids is 1. The molecule has 3 aromatic rings. The van der Waals surface area contributed by atoms with Gasteiger partial charge >= 0.3 is 5.97 Å². The lowest BCUT2D eigenvalue weighted by molar-refractivity contribution is 0.0516. The van der Waals surface area contributed by atoms with Gasteiger partial charge in [-0.05, 0) is 50.4 Å². The molecule has 0 amide bonds. The number of rotatable bonds is 8. The smallest absolute Gasteiger partial charge is 0.355 e. The van der Waals surface area contributed by atoms with Crippen LogP contribution in [0.25, 0.3) is 22.0 Å². The van der Waals surface area contributed by atoms with Crippen molar-refractivity contribution in [2.45, 2.75) is 58.0 Å². The van der Waals surface area contributed by atoms with E-state index in [0.29, 0.717) is 23.4 Å². The number of nitrogens with zero attached hydrogens (tertiary/aromatic N) is 1. The van der Waals surface area contributed by atoms with E-state index in [9.17, 15) is 4.79 Å². The summed E-state index contributed by atoms with van der Waals surface area (Å²) in [4.78, 5) is 13.0. The molecule has 32 heavy (non-hydrogen) atoms. The second kappa shape index (κ2) is 11.7. The van der Waals surface area contributed by atoms with Gasteiger partial charge in [-0.15, -0.1) is 12.4 Å². The third-order valence-corrected chi connectivity index (χ3v) is 6.38. The highest BCUT2D eigenvalue weighted by Gasteiger charge is 2.24. The zero-order valence-corrected chi connectivity index (χ0v) is 20.2. The Morgan fingerprint density at radius 2 is 1.84 bits per heavy atom. The molecular weight excluding hydrogens is 443 g/mol. The van der Waals surface area contributed by atoms with Crippen molar-refractivity contribution in [1.82, 2.24) is 9.88 Å². The average molecular weight is 475 g/mol. The normalized spacial score (nSPS) is 14.3. The number of benzene rings is 2. The fourth-order valence-corrected chi connectivity index (χ4v) is 4.89. The molecule has 1 fully saturated rings. The number of hydrogen-bond donors (Lipinski definition) is 1. The highest BCUT2D eigenvalue weighted by atomic mass is 35.5. The summed E-state index contributed by atoms with van der Waals surface area (Å²) in [6.45, 7) is 3.88. The van der Waals surface area contributed by atoms with Crippen molar-refractivity contribution in [3.05, 3.63) is 59.2 Å². The molecule has 2 aromatic carbocycles. The van der Waals surface area contributed by atoms with Gasteiger partial charge in [0.1, 0.15) is 5.69 Å². The third kappa shape index (κ3) is 5.48. The topological polar surface area (TPSA) is 43.3 Å². The molecule has 0 radical (unpaired) electrons. The fourth-order valence-electron chi connectivity index (χ4n) is 4.72. The van der Waals surface area contributed by atoms with Crippen molar-refractivity contribution in [2.24, 2.45) is 0 Å². The molecule has 4 nitrogen and oxygen atoms in total. The predicted octanol–water partition coefficient (Wildman–Crippen LogP) is 6.87. The van der Waals surface area contributed by atoms with Crippen LogP contribution in [0.4, 0.5) is 0 Å². The Morgan fingerprint density at radius 3 is 2.56 bits per heavy atom. The van der Waals surface area contributed by atoms with E-state index in [2.05, 4.69) is 22.0 Å². The van der Waals surface area contributed by atoms with Crippen LogP contribution in [0.3, 0.4) is 0 Å². The van der Waals surface area contributed by atoms with Crippen LogP contribution in [-0.4, -0.2) is 29.7 Å². The molecule has 0 atom stereocenters. The Hall–Kier alpha value is -2.01. The molecule has 1 heterocycles. The van der Waals surface area contributed by atoms with Crippen molar-refractivity contribution < 1.29 is 9.53 Å². The Balaban J connectivity index is 0.00000289. The van der Waals surface area contributed by atoms with Gasteiger partial charge in [0.15, 0.2) is 0 Å². The van der Waals surface area contributed by atoms with Crippen LogP contribution in [0.15, 0.2) is 48.5 Å². The first-order valence-corrected chi connectivity index (χ1v) is 11.8. The predicted molar refractivity (Wildman–Crippen MR) is 135 cm³/mol. The molecular formula is C26H32Cl2N2O2. The summed E-state index contributed by atoms with van der Waals surface area (Å²) in [5, 5.41) is 6.26. The van der Waals surface area contributed by atoms with Crippen molar-refractivity contribution in [2.75, 3.05) is 13.2 Å². The van der Waals surface area contributed by atoms with Crippen molar-refractivity contribution in [3.63, 3.8) is 0 Å². The van der Waals surface area contributed by atoms with Crippen LogP contribution in [0.2, 0.25) is 5.02 Å². The highest BCUT2D eigenvalue weighted by molar-refractivity contribution is 6.31. The summed E-state index contributed by atoms with van der Waals surface area (Å²) in [5.74, 6) is -0.280. The average Bonchev–Trinajstić information content (AvgIpc) is 3.11. The van der Waals surface area contributed by atoms with E-state index in [-0.39, 0.29) is 18.4 Å². The maximum Gasteiger partial charge on any atom is 0.355 e. The Morgan fingerprint density at radius 1 is 1.09 bits per heavy atom. The standard InChI is InChI=1S/C26H31ClN2O2.ClH/c1-2-31-26(30)25-22-15-14-20(27)18-23(22)24(19-10-5-3-6-11-19)29(25)17-9-16-28-21-12-7-4-8-13-21;/h3,5-6,10-11,14-15,18,21,28H,2,4,7-9,12-13,16-17H2,1H3;1H. The molecule has 0 bridgehead atoms. The molecule has 172 valence electrons. The summed E-state index contributed by atoms with van der Waals surface area (Å²) >= 11 is 6.36. The molecule has 1 aromatic heterocycles. The molecule has 1 aliphatic carbocycles. The zero-order valence-electron chi connectivity index (χ0n) is 18.6. The first-order valence-electron chi connectivity index (χ1n) is 11.5. The molecule has 0 spiro atoms. The Labute approximate surface area is 201 Å². The summed E-state index contributed by atoms with van der Waals surface area (Å²) < 4.78 is 7.59. The van der Waals surface area contributed by atoms with Gasteiger partial charge in [0.05, 0.1) is 12.3 Å². The number of nitrogens with one attached hydrogen (secondary N) is 1. The third-order valence-electron chi connectivity index (χ3n) is 6.14. The van der Waals surface area contributed by atoms with E-state index < -0.39 is 0 Å². The number of fused-ring (bicyclic) bond motifs is 1. The number of carbonyl (C=O) groups is 1. The number of halogens is 2. The van der Waals surface area contributed by atoms with E-state index in [1.807, 2.05) is 43.3 Å². The fraction of sp³-hybridized carbons (Fsp3) is 0.423. The monoisotopic (exact) mass is 474 g/mol. The summed E-state index contributed by atoms with van der Waals surface area (Å²) in [6.07, 6.45) is 7.50. The molecule has 0 saturated heterocycles. The second-order valence-electron chi connectivity index (χ2n) is 8.27. The van der Waals surface area contributed by atoms with Crippen LogP contribution in [0, 0.1) is 0 Å². The largest absolute Gasteiger partial charge is 0.461 e. The minimum Gasteiger partial charge on any atom is -0.461 e. The van der Waals surface area contributed by atoms with Gasteiger partial charge in [-0.25, -0.2) is 4.79 Å². The number of aromatic nitrogens is 1. The first kappa shape index (κ1) is 24.6. The van der Waals surface area contributed by atoms with Crippen LogP contribution >= 0.6 is 24.0 Å². The molecule has 0 aliphatic heterocycles. The lowest BCUT2D eigenvalue weighted by Gasteiger charge is -2.23. The summed E-state index contributed by atoms with van der Waals surface area (Å²) in [6, 6.07) is 16.6. The van der Waals surface area contributed by atoms with Crippen LogP contribution in [-0.2, 0) is 11.3 Å². The van der Waals surface area contributed by atoms with Crippen molar-refractivity contribution in [1.29, 1.82) is 0 Å². The lowest BCUT2D eigenvalue weighted by Crippen LogP contribution is -2.32. The van der Waals surface area contributed by atoms with E-state index in [4.69, 9.17) is 16.3 Å². The van der Waals surface area contributed by atoms with Crippen molar-refractivity contribution in [3.8, 4) is 11.3 Å². The molecule has 6 heteroatoms. The second-order valence-corrected chi connectivity index (χ2v) is 8.70. The summed E-state index contributed by atoms with van der Waals surface area (Å²) in [5.41, 5.74) is 2.72. The van der Waals surface area contributed by atoms with Gasteiger partial charge in [0, 0.05) is 28.4 Å². The van der Waals surface area contributed by atoms with Crippen molar-refractivity contribution >= 4 is 40.7 Å². The van der Waals surface area contributed by atoms with E-state index >= 15 is 0 Å². The Kier molecular flexibility index (Phi) is 9.03. The van der Waals surface area contributed by atoms with Gasteiger partial charge in [-0.1, -0.05) is 67.3 Å². The van der Waals surface area contributed by atoms with Gasteiger partial charge in [0.25, 0.3) is 0 Å². The lowest BCUT2D eigenvalue weighted by atomic mass is 9.95. The number of ether oxygens (including phenoxy) is 1. The maximum absolute atomic E-state index is 13.0. The zero-order chi connectivity index (χ0) is 21.6. The summed E-state index contributed by atoms with van der Waals surface area (Å²) in [7, 11) is 0. The first-order chi connectivity index (χ1) is 15.2. The number of esters is 1. The van der Waals surface area contributed by atoms with E-state index in [1.165, 1.54) is 32.1 Å². The van der Waals surface area contributed by atoms with E-state index in [1.54, 1.807) is 0 Å². The molecule has 4 rings (SSSR count). The van der Waals surface area contributed by atoms with Gasteiger partial charge in [-0.2, -0.15) is 0 Å². The van der Waals surface area contributed by atoms with Gasteiger partial charge < -0.3 is 14.6 Å².